The van der Waals surface area contributed by atoms with E-state index in [1.807, 2.05) is 43.3 Å². The summed E-state index contributed by atoms with van der Waals surface area (Å²) in [5.74, 6) is -7.01. The number of aliphatic carboxylic acids is 7. The monoisotopic (exact) mass is 1200 g/mol. The van der Waals surface area contributed by atoms with Crippen molar-refractivity contribution in [2.75, 3.05) is 140 Å². The predicted octanol–water partition coefficient (Wildman–Crippen LogP) is 1.14. The summed E-state index contributed by atoms with van der Waals surface area (Å²) in [5.41, 5.74) is 1.52. The molecule has 1 unspecified atom stereocenters. The summed E-state index contributed by atoms with van der Waals surface area (Å²) in [6.45, 7) is 4.49. The Balaban J connectivity index is 1.18. The van der Waals surface area contributed by atoms with Crippen LogP contribution in [0.1, 0.15) is 95.5 Å². The first-order chi connectivity index (χ1) is 40.5. The number of carboxylic acid groups (broad SMARTS) is 7. The van der Waals surface area contributed by atoms with Crippen LogP contribution in [0.5, 0.6) is 0 Å². The lowest BCUT2D eigenvalue weighted by atomic mass is 10.0. The van der Waals surface area contributed by atoms with Gasteiger partial charge in [0.1, 0.15) is 12.1 Å². The normalized spacial score (nSPS) is 16.9. The highest BCUT2D eigenvalue weighted by Gasteiger charge is 2.29. The minimum absolute atomic E-state index is 0.0491. The number of carbonyl (C=O) groups excluding carboxylic acids is 2. The molecule has 0 bridgehead atoms. The third kappa shape index (κ3) is 28.7. The first kappa shape index (κ1) is 69.9. The van der Waals surface area contributed by atoms with Crippen molar-refractivity contribution in [2.45, 2.75) is 114 Å². The Morgan fingerprint density at radius 1 is 0.541 bits per heavy atom. The number of amides is 3. The molecular formula is C55H88N14O16. The van der Waals surface area contributed by atoms with Crippen LogP contribution in [0, 0.1) is 0 Å². The van der Waals surface area contributed by atoms with Crippen LogP contribution in [0.3, 0.4) is 0 Å². The van der Waals surface area contributed by atoms with Gasteiger partial charge in [-0.1, -0.05) is 50.7 Å². The van der Waals surface area contributed by atoms with E-state index in [-0.39, 0.29) is 90.7 Å². The number of hydrogen-bond donors (Lipinski definition) is 11. The van der Waals surface area contributed by atoms with Gasteiger partial charge in [-0.2, -0.15) is 15.0 Å². The number of unbranched alkanes of at least 4 members (excludes halogenated alkanes) is 8. The van der Waals surface area contributed by atoms with Crippen molar-refractivity contribution in [1.82, 2.24) is 55.4 Å². The minimum Gasteiger partial charge on any atom is -0.481 e. The maximum Gasteiger partial charge on any atom is 0.326 e. The highest BCUT2D eigenvalue weighted by Crippen LogP contribution is 2.22. The third-order valence-corrected chi connectivity index (χ3v) is 14.6. The van der Waals surface area contributed by atoms with Gasteiger partial charge in [-0.25, -0.2) is 14.4 Å². The number of aromatic nitrogens is 3. The largest absolute Gasteiger partial charge is 0.481 e. The third-order valence-electron chi connectivity index (χ3n) is 14.6. The fourth-order valence-corrected chi connectivity index (χ4v) is 10.0. The molecule has 0 radical (unpaired) electrons. The van der Waals surface area contributed by atoms with Crippen LogP contribution >= 0.6 is 0 Å². The molecule has 30 heteroatoms. The van der Waals surface area contributed by atoms with Crippen LogP contribution in [0.25, 0.3) is 0 Å². The van der Waals surface area contributed by atoms with E-state index in [0.29, 0.717) is 55.8 Å². The molecule has 0 spiro atoms. The molecule has 3 amide bonds. The van der Waals surface area contributed by atoms with Gasteiger partial charge < -0.3 is 66.8 Å². The lowest BCUT2D eigenvalue weighted by molar-refractivity contribution is -0.142. The van der Waals surface area contributed by atoms with Gasteiger partial charge in [-0.3, -0.25) is 53.3 Å². The number of carboxylic acids is 7. The van der Waals surface area contributed by atoms with E-state index in [4.69, 9.17) is 15.1 Å². The number of nitrogens with one attached hydrogen (secondary N) is 4. The molecule has 2 aliphatic rings. The van der Waals surface area contributed by atoms with Crippen molar-refractivity contribution < 1.29 is 78.9 Å². The Labute approximate surface area is 494 Å². The summed E-state index contributed by atoms with van der Waals surface area (Å²) in [6.07, 6.45) is 9.04. The van der Waals surface area contributed by atoms with Crippen molar-refractivity contribution in [2.24, 2.45) is 0 Å². The van der Waals surface area contributed by atoms with Gasteiger partial charge in [0, 0.05) is 117 Å². The van der Waals surface area contributed by atoms with E-state index in [0.717, 1.165) is 89.7 Å². The SMILES string of the molecule is CN(C)c1nc(Nc2ccc(CC3CN(CC(=O)O)CCN(CC(=O)O)CCN(CC(=O)O)CCN3CC(=O)O)cc2)nc(N2CCN(CCCCCCCCCCC(=O)NCCCC[C@H](NC(=O)N[C@@H](CCC(=O)O)C(=O)O)C(=O)O)CC2)n1. The highest BCUT2D eigenvalue weighted by molar-refractivity contribution is 5.86. The maximum atomic E-state index is 12.4. The molecular weight excluding hydrogens is 1110 g/mol. The fraction of sp³-hybridized carbons (Fsp3) is 0.673. The van der Waals surface area contributed by atoms with E-state index in [2.05, 4.69) is 36.1 Å². The van der Waals surface area contributed by atoms with E-state index >= 15 is 0 Å². The Kier molecular flexibility index (Phi) is 31.0. The van der Waals surface area contributed by atoms with Crippen LogP contribution in [-0.2, 0) is 44.8 Å². The smallest absolute Gasteiger partial charge is 0.326 e. The molecule has 85 heavy (non-hydrogen) atoms. The number of urea groups is 1. The van der Waals surface area contributed by atoms with E-state index in [1.165, 1.54) is 0 Å². The number of hydrogen-bond acceptors (Lipinski definition) is 20. The molecule has 1 aromatic carbocycles. The zero-order valence-corrected chi connectivity index (χ0v) is 48.9. The minimum atomic E-state index is -1.49. The summed E-state index contributed by atoms with van der Waals surface area (Å²) in [7, 11) is 3.71. The molecule has 11 N–H and O–H groups in total. The fourth-order valence-electron chi connectivity index (χ4n) is 10.0. The number of anilines is 4. The average molecular weight is 1200 g/mol. The van der Waals surface area contributed by atoms with Crippen molar-refractivity contribution in [1.29, 1.82) is 0 Å². The molecule has 474 valence electrons. The molecule has 2 saturated heterocycles. The van der Waals surface area contributed by atoms with E-state index in [9.17, 15) is 73.8 Å². The Hall–Kier alpha value is -7.54. The molecule has 4 rings (SSSR count). The van der Waals surface area contributed by atoms with Gasteiger partial charge in [0.05, 0.1) is 26.2 Å². The summed E-state index contributed by atoms with van der Waals surface area (Å²) >= 11 is 0. The molecule has 2 aliphatic heterocycles. The van der Waals surface area contributed by atoms with Crippen LogP contribution in [0.15, 0.2) is 24.3 Å². The first-order valence-corrected chi connectivity index (χ1v) is 29.1. The predicted molar refractivity (Wildman–Crippen MR) is 311 cm³/mol. The standard InChI is InChI=1S/C55H88N14O16/c1-63(2)53-60-52(57-40-17-15-39(16-18-40)33-41-34-67(37-48(77)78)26-25-65(35-46(73)74)23-24-66(36-47(75)76)29-32-69(41)38-49(79)80)61-54(62-53)68-30-27-64(28-31-68)22-12-8-6-4-3-5-7-9-14-44(70)56-21-11-10-13-42(50(81)82)58-55(85)59-43(51(83)84)19-20-45(71)72/h15-18,41-43H,3-14,19-38H2,1-2H3,(H,56,70)(H,71,72)(H,73,74)(H,75,76)(H,77,78)(H,79,80)(H,81,82)(H,83,84)(H2,58,59,85)(H,57,60,61,62)/t41?,42-,43-/m0/s1. The quantitative estimate of drug-likeness (QED) is 0.0423. The van der Waals surface area contributed by atoms with E-state index < -0.39 is 72.4 Å². The Morgan fingerprint density at radius 2 is 1.06 bits per heavy atom. The van der Waals surface area contributed by atoms with Gasteiger partial charge >= 0.3 is 47.8 Å². The number of carbonyl (C=O) groups is 9. The number of benzene rings is 1. The first-order valence-electron chi connectivity index (χ1n) is 29.1. The lowest BCUT2D eigenvalue weighted by Gasteiger charge is -2.37. The van der Waals surface area contributed by atoms with Crippen molar-refractivity contribution in [3.05, 3.63) is 29.8 Å². The molecule has 3 heterocycles. The van der Waals surface area contributed by atoms with Gasteiger partial charge in [0.2, 0.25) is 23.8 Å². The molecule has 2 fully saturated rings. The van der Waals surface area contributed by atoms with Gasteiger partial charge in [0.25, 0.3) is 0 Å². The Bertz CT molecular complexity index is 2470. The molecule has 30 nitrogen and oxygen atoms in total. The molecule has 2 aromatic rings. The number of nitrogens with zero attached hydrogens (tertiary/aromatic N) is 10. The second-order valence-corrected chi connectivity index (χ2v) is 21.8. The average Bonchev–Trinajstić information content (AvgIpc) is 3.64. The van der Waals surface area contributed by atoms with Crippen LogP contribution in [0.4, 0.5) is 28.3 Å². The molecule has 0 saturated carbocycles. The molecule has 1 aromatic heterocycles. The summed E-state index contributed by atoms with van der Waals surface area (Å²) in [5, 5.41) is 77.0. The number of piperazine rings is 1. The Morgan fingerprint density at radius 3 is 1.61 bits per heavy atom. The summed E-state index contributed by atoms with van der Waals surface area (Å²) in [4.78, 5) is 133. The lowest BCUT2D eigenvalue weighted by Crippen LogP contribution is -2.53. The highest BCUT2D eigenvalue weighted by atomic mass is 16.4. The van der Waals surface area contributed by atoms with Crippen molar-refractivity contribution >= 4 is 77.3 Å². The van der Waals surface area contributed by atoms with Gasteiger partial charge in [0.15, 0.2) is 0 Å². The number of rotatable bonds is 37. The second kappa shape index (κ2) is 37.7. The summed E-state index contributed by atoms with van der Waals surface area (Å²) in [6, 6.07) is 3.17. The summed E-state index contributed by atoms with van der Waals surface area (Å²) < 4.78 is 0. The van der Waals surface area contributed by atoms with Crippen LogP contribution in [0.2, 0.25) is 0 Å². The maximum absolute atomic E-state index is 12.4. The van der Waals surface area contributed by atoms with Gasteiger partial charge in [-0.15, -0.1) is 0 Å². The van der Waals surface area contributed by atoms with Crippen molar-refractivity contribution in [3.63, 3.8) is 0 Å². The zero-order valence-electron chi connectivity index (χ0n) is 48.9. The zero-order chi connectivity index (χ0) is 62.3. The molecule has 0 aliphatic carbocycles. The van der Waals surface area contributed by atoms with Crippen molar-refractivity contribution in [3.8, 4) is 0 Å². The topological polar surface area (TPSA) is 405 Å². The van der Waals surface area contributed by atoms with E-state index in [1.54, 1.807) is 19.6 Å². The van der Waals surface area contributed by atoms with Crippen LogP contribution < -0.4 is 31.1 Å². The molecule has 3 atom stereocenters. The van der Waals surface area contributed by atoms with Gasteiger partial charge in [-0.05, 0) is 69.2 Å². The second-order valence-electron chi connectivity index (χ2n) is 21.8. The van der Waals surface area contributed by atoms with Crippen LogP contribution in [-0.4, -0.2) is 272 Å².